The van der Waals surface area contributed by atoms with E-state index < -0.39 is 0 Å². The Morgan fingerprint density at radius 3 is 2.36 bits per heavy atom. The Kier molecular flexibility index (Phi) is 4.67. The van der Waals surface area contributed by atoms with Gasteiger partial charge in [0, 0.05) is 0 Å². The molecule has 0 amide bonds. The summed E-state index contributed by atoms with van der Waals surface area (Å²) in [6, 6.07) is 25.2. The van der Waals surface area contributed by atoms with Crippen LogP contribution in [0.5, 0.6) is 0 Å². The maximum Gasteiger partial charge on any atom is 0.0864 e. The number of rotatable bonds is 6. The first-order valence-corrected chi connectivity index (χ1v) is 7.62. The van der Waals surface area contributed by atoms with E-state index in [-0.39, 0.29) is 6.10 Å². The third-order valence-corrected chi connectivity index (χ3v) is 3.82. The third kappa shape index (κ3) is 3.44. The van der Waals surface area contributed by atoms with Crippen LogP contribution in [0.15, 0.2) is 85.5 Å². The van der Waals surface area contributed by atoms with E-state index in [0.29, 0.717) is 6.61 Å². The first-order valence-electron chi connectivity index (χ1n) is 7.62. The molecule has 0 fully saturated rings. The predicted molar refractivity (Wildman–Crippen MR) is 92.7 cm³/mol. The molecule has 22 heavy (non-hydrogen) atoms. The standard InChI is InChI=1S/C21H20O/c1-2-8-21(22-16-17-9-4-3-5-10-17)20-14-13-18-11-6-7-12-19(18)15-20/h2-7,9-15,21H,1,8,16H2. The van der Waals surface area contributed by atoms with Crippen LogP contribution in [0.1, 0.15) is 23.7 Å². The zero-order valence-corrected chi connectivity index (χ0v) is 12.6. The molecular weight excluding hydrogens is 268 g/mol. The fourth-order valence-electron chi connectivity index (χ4n) is 2.63. The lowest BCUT2D eigenvalue weighted by molar-refractivity contribution is 0.0418. The summed E-state index contributed by atoms with van der Waals surface area (Å²) >= 11 is 0. The number of ether oxygens (including phenoxy) is 1. The summed E-state index contributed by atoms with van der Waals surface area (Å²) in [5, 5.41) is 2.50. The maximum absolute atomic E-state index is 6.13. The number of hydrogen-bond donors (Lipinski definition) is 0. The van der Waals surface area contributed by atoms with Crippen molar-refractivity contribution < 1.29 is 4.74 Å². The Morgan fingerprint density at radius 1 is 0.864 bits per heavy atom. The van der Waals surface area contributed by atoms with E-state index in [4.69, 9.17) is 4.74 Å². The molecule has 0 spiro atoms. The topological polar surface area (TPSA) is 9.23 Å². The van der Waals surface area contributed by atoms with Crippen LogP contribution in [0.3, 0.4) is 0 Å². The van der Waals surface area contributed by atoms with Gasteiger partial charge >= 0.3 is 0 Å². The van der Waals surface area contributed by atoms with E-state index in [1.807, 2.05) is 24.3 Å². The van der Waals surface area contributed by atoms with Gasteiger partial charge in [0.2, 0.25) is 0 Å². The van der Waals surface area contributed by atoms with Gasteiger partial charge in [0.1, 0.15) is 0 Å². The summed E-state index contributed by atoms with van der Waals surface area (Å²) in [6.07, 6.45) is 2.78. The molecule has 0 bridgehead atoms. The van der Waals surface area contributed by atoms with E-state index in [1.165, 1.54) is 21.9 Å². The third-order valence-electron chi connectivity index (χ3n) is 3.82. The quantitative estimate of drug-likeness (QED) is 0.531. The summed E-state index contributed by atoms with van der Waals surface area (Å²) in [7, 11) is 0. The van der Waals surface area contributed by atoms with Gasteiger partial charge in [-0.3, -0.25) is 0 Å². The van der Waals surface area contributed by atoms with Gasteiger partial charge in [-0.15, -0.1) is 6.58 Å². The van der Waals surface area contributed by atoms with Crippen molar-refractivity contribution in [1.82, 2.24) is 0 Å². The minimum atomic E-state index is 0.0438. The Hall–Kier alpha value is -2.38. The summed E-state index contributed by atoms with van der Waals surface area (Å²) < 4.78 is 6.13. The normalized spacial score (nSPS) is 12.2. The van der Waals surface area contributed by atoms with Gasteiger partial charge in [-0.1, -0.05) is 72.8 Å². The molecule has 0 radical (unpaired) electrons. The zero-order chi connectivity index (χ0) is 15.2. The number of fused-ring (bicyclic) bond motifs is 1. The lowest BCUT2D eigenvalue weighted by Gasteiger charge is -2.17. The molecule has 3 aromatic carbocycles. The molecule has 0 aliphatic carbocycles. The van der Waals surface area contributed by atoms with Crippen molar-refractivity contribution in [2.24, 2.45) is 0 Å². The van der Waals surface area contributed by atoms with Crippen LogP contribution in [-0.4, -0.2) is 0 Å². The van der Waals surface area contributed by atoms with Crippen LogP contribution >= 0.6 is 0 Å². The summed E-state index contributed by atoms with van der Waals surface area (Å²) in [4.78, 5) is 0. The van der Waals surface area contributed by atoms with E-state index in [2.05, 4.69) is 61.2 Å². The molecule has 0 heterocycles. The fourth-order valence-corrected chi connectivity index (χ4v) is 2.63. The van der Waals surface area contributed by atoms with Gasteiger partial charge in [-0.2, -0.15) is 0 Å². The Balaban J connectivity index is 1.80. The zero-order valence-electron chi connectivity index (χ0n) is 12.6. The molecule has 3 aromatic rings. The van der Waals surface area contributed by atoms with Crippen LogP contribution in [0.2, 0.25) is 0 Å². The van der Waals surface area contributed by atoms with Crippen molar-refractivity contribution in [1.29, 1.82) is 0 Å². The van der Waals surface area contributed by atoms with E-state index in [1.54, 1.807) is 0 Å². The van der Waals surface area contributed by atoms with Gasteiger partial charge in [0.05, 0.1) is 12.7 Å². The molecule has 0 aliphatic heterocycles. The lowest BCUT2D eigenvalue weighted by Crippen LogP contribution is -2.04. The fraction of sp³-hybridized carbons (Fsp3) is 0.143. The van der Waals surface area contributed by atoms with Crippen molar-refractivity contribution in [3.63, 3.8) is 0 Å². The second-order valence-electron chi connectivity index (χ2n) is 5.42. The molecule has 1 heteroatoms. The minimum absolute atomic E-state index is 0.0438. The van der Waals surface area contributed by atoms with E-state index >= 15 is 0 Å². The lowest BCUT2D eigenvalue weighted by atomic mass is 10.0. The molecule has 0 saturated heterocycles. The summed E-state index contributed by atoms with van der Waals surface area (Å²) in [5.41, 5.74) is 2.40. The Bertz CT molecular complexity index is 746. The van der Waals surface area contributed by atoms with Crippen LogP contribution < -0.4 is 0 Å². The van der Waals surface area contributed by atoms with Gasteiger partial charge in [-0.25, -0.2) is 0 Å². The molecular formula is C21H20O. The molecule has 1 unspecified atom stereocenters. The minimum Gasteiger partial charge on any atom is -0.369 e. The molecule has 0 aromatic heterocycles. The monoisotopic (exact) mass is 288 g/mol. The maximum atomic E-state index is 6.13. The molecule has 0 N–H and O–H groups in total. The van der Waals surface area contributed by atoms with Crippen molar-refractivity contribution in [3.8, 4) is 0 Å². The highest BCUT2D eigenvalue weighted by Crippen LogP contribution is 2.26. The Morgan fingerprint density at radius 2 is 1.59 bits per heavy atom. The molecule has 0 aliphatic rings. The highest BCUT2D eigenvalue weighted by molar-refractivity contribution is 5.83. The van der Waals surface area contributed by atoms with Gasteiger partial charge in [0.25, 0.3) is 0 Å². The molecule has 3 rings (SSSR count). The highest BCUT2D eigenvalue weighted by atomic mass is 16.5. The molecule has 0 saturated carbocycles. The summed E-state index contributed by atoms with van der Waals surface area (Å²) in [5.74, 6) is 0. The summed E-state index contributed by atoms with van der Waals surface area (Å²) in [6.45, 7) is 4.48. The van der Waals surface area contributed by atoms with Crippen LogP contribution in [-0.2, 0) is 11.3 Å². The van der Waals surface area contributed by atoms with E-state index in [9.17, 15) is 0 Å². The van der Waals surface area contributed by atoms with E-state index in [0.717, 1.165) is 6.42 Å². The number of hydrogen-bond acceptors (Lipinski definition) is 1. The first kappa shape index (κ1) is 14.6. The highest BCUT2D eigenvalue weighted by Gasteiger charge is 2.11. The van der Waals surface area contributed by atoms with Crippen LogP contribution in [0, 0.1) is 0 Å². The average molecular weight is 288 g/mol. The average Bonchev–Trinajstić information content (AvgIpc) is 2.59. The van der Waals surface area contributed by atoms with Gasteiger partial charge < -0.3 is 4.74 Å². The second-order valence-corrected chi connectivity index (χ2v) is 5.42. The molecule has 110 valence electrons. The smallest absolute Gasteiger partial charge is 0.0864 e. The van der Waals surface area contributed by atoms with Crippen LogP contribution in [0.4, 0.5) is 0 Å². The Labute approximate surface area is 131 Å². The largest absolute Gasteiger partial charge is 0.369 e. The van der Waals surface area contributed by atoms with Gasteiger partial charge in [0.15, 0.2) is 0 Å². The van der Waals surface area contributed by atoms with Crippen molar-refractivity contribution >= 4 is 10.8 Å². The number of benzene rings is 3. The molecule has 1 nitrogen and oxygen atoms in total. The first-order chi connectivity index (χ1) is 10.9. The SMILES string of the molecule is C=CCC(OCc1ccccc1)c1ccc2ccccc2c1. The molecule has 1 atom stereocenters. The van der Waals surface area contributed by atoms with Gasteiger partial charge in [-0.05, 0) is 34.4 Å². The van der Waals surface area contributed by atoms with Crippen molar-refractivity contribution in [2.45, 2.75) is 19.1 Å². The van der Waals surface area contributed by atoms with Crippen LogP contribution in [0.25, 0.3) is 10.8 Å². The van der Waals surface area contributed by atoms with Crippen molar-refractivity contribution in [2.75, 3.05) is 0 Å². The predicted octanol–water partition coefficient (Wildman–Crippen LogP) is 5.67. The van der Waals surface area contributed by atoms with Crippen molar-refractivity contribution in [3.05, 3.63) is 96.6 Å². The second kappa shape index (κ2) is 7.06.